The number of hydrogen-bond donors (Lipinski definition) is 5. The van der Waals surface area contributed by atoms with Crippen LogP contribution in [0.3, 0.4) is 0 Å². The lowest BCUT2D eigenvalue weighted by molar-refractivity contribution is -0.148. The monoisotopic (exact) mass is 1620 g/mol. The SMILES string of the molecule is CC(=O)COCCOCCBr.CC(=O)COCCOCCON(C(=O)OC(C)(C)C)C(=O)OC(C)(C)C.CC(C)(C)OC(=O)NOCCOCCOCC(=O)O.Cc1ccc(S(=O)(=O)OCCOCCOCCO)cc1.O=C(O)COCCOCCBr.OCCOCCOCCBr. The van der Waals surface area contributed by atoms with Crippen molar-refractivity contribution in [1.82, 2.24) is 10.5 Å². The molecule has 0 aliphatic heterocycles. The Morgan fingerprint density at radius 3 is 1.04 bits per heavy atom. The molecule has 97 heavy (non-hydrogen) atoms. The first-order chi connectivity index (χ1) is 45.6. The van der Waals surface area contributed by atoms with Gasteiger partial charge in [-0.3, -0.25) is 23.4 Å². The van der Waals surface area contributed by atoms with Crippen molar-refractivity contribution in [3.05, 3.63) is 29.8 Å². The Morgan fingerprint density at radius 1 is 0.423 bits per heavy atom. The van der Waals surface area contributed by atoms with Crippen molar-refractivity contribution < 1.29 is 147 Å². The Balaban J connectivity index is -0.000000361. The van der Waals surface area contributed by atoms with Crippen LogP contribution in [0.2, 0.25) is 0 Å². The number of benzene rings is 1. The second kappa shape index (κ2) is 69.3. The van der Waals surface area contributed by atoms with Gasteiger partial charge in [-0.25, -0.2) is 24.0 Å². The first-order valence-electron chi connectivity index (χ1n) is 30.4. The van der Waals surface area contributed by atoms with Gasteiger partial charge in [-0.05, 0) is 95.2 Å². The van der Waals surface area contributed by atoms with Crippen LogP contribution < -0.4 is 5.48 Å². The van der Waals surface area contributed by atoms with Crippen molar-refractivity contribution in [2.24, 2.45) is 0 Å². The summed E-state index contributed by atoms with van der Waals surface area (Å²) in [5, 5.41) is 36.1. The number of hydroxylamine groups is 3. The minimum Gasteiger partial charge on any atom is -0.480 e. The highest BCUT2D eigenvalue weighted by molar-refractivity contribution is 9.09. The van der Waals surface area contributed by atoms with Gasteiger partial charge < -0.3 is 91.5 Å². The zero-order valence-corrected chi connectivity index (χ0v) is 63.8. The molecule has 0 heterocycles. The highest BCUT2D eigenvalue weighted by atomic mass is 79.9. The van der Waals surface area contributed by atoms with E-state index in [1.165, 1.54) is 26.0 Å². The maximum atomic E-state index is 12.1. The number of carbonyl (C=O) groups is 7. The van der Waals surface area contributed by atoms with Gasteiger partial charge >= 0.3 is 30.2 Å². The highest BCUT2D eigenvalue weighted by Crippen LogP contribution is 2.16. The van der Waals surface area contributed by atoms with Crippen molar-refractivity contribution in [2.75, 3.05) is 208 Å². The number of Topliss-reactive ketones (excluding diaryl/α,β-unsaturated/α-hetero) is 2. The molecule has 37 heteroatoms. The number of imide groups is 1. The predicted molar refractivity (Wildman–Crippen MR) is 362 cm³/mol. The third kappa shape index (κ3) is 88.3. The summed E-state index contributed by atoms with van der Waals surface area (Å²) in [4.78, 5) is 86.6. The minimum atomic E-state index is -3.72. The van der Waals surface area contributed by atoms with Gasteiger partial charge in [0.1, 0.15) is 43.2 Å². The Morgan fingerprint density at radius 2 is 0.722 bits per heavy atom. The quantitative estimate of drug-likeness (QED) is 0.0166. The maximum absolute atomic E-state index is 12.1. The molecule has 33 nitrogen and oxygen atoms in total. The fraction of sp³-hybridized carbons (Fsp3) is 0.783. The number of aryl methyl sites for hydroxylation is 1. The molecule has 0 aliphatic carbocycles. The molecule has 0 bridgehead atoms. The van der Waals surface area contributed by atoms with Crippen LogP contribution in [0.25, 0.3) is 0 Å². The Labute approximate surface area is 596 Å². The number of ether oxygens (including phenoxy) is 15. The number of nitrogens with zero attached hydrogens (tertiary/aromatic N) is 1. The van der Waals surface area contributed by atoms with E-state index < -0.39 is 57.1 Å². The van der Waals surface area contributed by atoms with Crippen LogP contribution in [-0.4, -0.2) is 300 Å². The van der Waals surface area contributed by atoms with Gasteiger partial charge in [0, 0.05) is 16.0 Å². The van der Waals surface area contributed by atoms with Crippen molar-refractivity contribution in [2.45, 2.75) is 105 Å². The topological polar surface area (TPSA) is 416 Å². The number of aliphatic hydroxyl groups is 2. The first-order valence-corrected chi connectivity index (χ1v) is 35.1. The third-order valence-electron chi connectivity index (χ3n) is 8.66. The lowest BCUT2D eigenvalue weighted by Gasteiger charge is -2.27. The Bertz CT molecular complexity index is 2130. The number of nitrogens with one attached hydrogen (secondary N) is 1. The number of carbonyl (C=O) groups excluding carboxylic acids is 5. The lowest BCUT2D eigenvalue weighted by Crippen LogP contribution is -2.44. The molecule has 1 rings (SSSR count). The molecule has 1 aromatic carbocycles. The molecular weight excluding hydrogens is 1520 g/mol. The molecule has 0 aromatic heterocycles. The minimum absolute atomic E-state index is 0.0299. The largest absolute Gasteiger partial charge is 0.480 e. The summed E-state index contributed by atoms with van der Waals surface area (Å²) < 4.78 is 104. The van der Waals surface area contributed by atoms with Crippen LogP contribution in [0, 0.1) is 6.92 Å². The standard InChI is InChI=1S/C17H31NO8.C13H20O6S.C11H21NO7.C7H13BrO3.C6H11BrO4.C6H13BrO3/c1-13(19)12-23-9-8-22-10-11-24-18(14(20)25-16(2,3)4)15(21)26-17(5,6)7;1-12-2-4-13(5-3-12)20(15,16)19-11-10-18-9-8-17-7-6-14;1-11(2,3)19-10(15)12-18-7-6-16-4-5-17-8-9(13)14;1-7(9)6-11-5-4-10-3-2-8;7-1-2-10-3-4-11-5-6(8)9;7-1-3-9-5-6-10-4-2-8/h8-12H2,1-7H3;2-5,14H,6-11H2,1H3;4-8H2,1-3H3,(H,12,15)(H,13,14);2-6H2,1H3;1-5H2,(H,8,9);8H,1-6H2. The number of carboxylic acid groups (broad SMARTS) is 2. The van der Waals surface area contributed by atoms with Gasteiger partial charge in [0.05, 0.1) is 170 Å². The number of carboxylic acids is 2. The zero-order valence-electron chi connectivity index (χ0n) is 58.2. The van der Waals surface area contributed by atoms with E-state index in [1.54, 1.807) is 74.4 Å². The van der Waals surface area contributed by atoms with Crippen LogP contribution in [0.5, 0.6) is 0 Å². The van der Waals surface area contributed by atoms with Crippen molar-refractivity contribution in [3.63, 3.8) is 0 Å². The van der Waals surface area contributed by atoms with Crippen LogP contribution in [0.1, 0.15) is 81.7 Å². The smallest absolute Gasteiger partial charge is 0.444 e. The summed E-state index contributed by atoms with van der Waals surface area (Å²) in [6, 6.07) is 6.44. The summed E-state index contributed by atoms with van der Waals surface area (Å²) in [6.45, 7) is 27.5. The van der Waals surface area contributed by atoms with Gasteiger partial charge in [0.15, 0.2) is 11.6 Å². The summed E-state index contributed by atoms with van der Waals surface area (Å²) in [5.74, 6) is -2.00. The van der Waals surface area contributed by atoms with E-state index in [1.807, 2.05) is 6.92 Å². The second-order valence-corrected chi connectivity index (χ2v) is 25.4. The number of rotatable bonds is 49. The number of ketones is 2. The van der Waals surface area contributed by atoms with Gasteiger partial charge in [0.25, 0.3) is 10.1 Å². The fourth-order valence-corrected chi connectivity index (χ4v) is 6.61. The second-order valence-electron chi connectivity index (χ2n) is 21.4. The number of hydrogen-bond acceptors (Lipinski definition) is 29. The molecule has 0 saturated heterocycles. The van der Waals surface area contributed by atoms with Crippen LogP contribution >= 0.6 is 47.8 Å². The van der Waals surface area contributed by atoms with Crippen molar-refractivity contribution >= 4 is 99.7 Å². The molecule has 0 saturated carbocycles. The van der Waals surface area contributed by atoms with Crippen LogP contribution in [0.4, 0.5) is 14.4 Å². The Kier molecular flexibility index (Phi) is 72.8. The van der Waals surface area contributed by atoms with E-state index in [0.717, 1.165) is 21.6 Å². The molecule has 0 atom stereocenters. The van der Waals surface area contributed by atoms with Gasteiger partial charge in [-0.15, -0.1) is 0 Å². The molecule has 0 aliphatic rings. The van der Waals surface area contributed by atoms with Gasteiger partial charge in [-0.2, -0.15) is 13.9 Å². The van der Waals surface area contributed by atoms with E-state index in [2.05, 4.69) is 53.3 Å². The predicted octanol–water partition coefficient (Wildman–Crippen LogP) is 5.91. The molecular formula is C60H109Br3N2O31S. The molecule has 572 valence electrons. The van der Waals surface area contributed by atoms with Crippen LogP contribution in [-0.2, 0) is 114 Å². The van der Waals surface area contributed by atoms with Gasteiger partial charge in [0.2, 0.25) is 0 Å². The van der Waals surface area contributed by atoms with Gasteiger partial charge in [-0.1, -0.05) is 70.5 Å². The average molecular weight is 1630 g/mol. The molecule has 1 aromatic rings. The summed E-state index contributed by atoms with van der Waals surface area (Å²) in [5.41, 5.74) is 0.909. The number of aliphatic carboxylic acids is 2. The van der Waals surface area contributed by atoms with Crippen molar-refractivity contribution in [1.29, 1.82) is 0 Å². The summed E-state index contributed by atoms with van der Waals surface area (Å²) >= 11 is 9.63. The zero-order chi connectivity index (χ0) is 74.7. The molecule has 0 spiro atoms. The normalized spacial score (nSPS) is 11.1. The number of alkyl halides is 3. The number of halogens is 3. The number of amides is 3. The van der Waals surface area contributed by atoms with E-state index in [4.69, 9.17) is 105 Å². The van der Waals surface area contributed by atoms with E-state index in [9.17, 15) is 42.0 Å². The average Bonchev–Trinajstić information content (AvgIpc) is 0.890. The highest BCUT2D eigenvalue weighted by Gasteiger charge is 2.32. The van der Waals surface area contributed by atoms with Crippen molar-refractivity contribution in [3.8, 4) is 0 Å². The van der Waals surface area contributed by atoms with E-state index in [-0.39, 0.29) is 129 Å². The summed E-state index contributed by atoms with van der Waals surface area (Å²) in [7, 11) is -3.72. The summed E-state index contributed by atoms with van der Waals surface area (Å²) in [6.07, 6.45) is -2.62. The molecule has 5 N–H and O–H groups in total. The molecule has 0 radical (unpaired) electrons. The Hall–Kier alpha value is -3.78. The molecule has 0 fully saturated rings. The third-order valence-corrected chi connectivity index (χ3v) is 11.0. The lowest BCUT2D eigenvalue weighted by atomic mass is 10.2. The first kappa shape index (κ1) is 102. The molecule has 3 amide bonds. The fourth-order valence-electron chi connectivity index (χ4n) is 5.03. The van der Waals surface area contributed by atoms with E-state index in [0.29, 0.717) is 84.3 Å². The number of aliphatic hydroxyl groups excluding tert-OH is 2. The van der Waals surface area contributed by atoms with E-state index >= 15 is 0 Å². The maximum Gasteiger partial charge on any atom is 0.444 e. The van der Waals surface area contributed by atoms with Crippen LogP contribution in [0.15, 0.2) is 29.2 Å². The molecule has 0 unspecified atom stereocenters.